The second-order valence-electron chi connectivity index (χ2n) is 3.36. The summed E-state index contributed by atoms with van der Waals surface area (Å²) in [6.07, 6.45) is 0. The van der Waals surface area contributed by atoms with E-state index in [4.69, 9.17) is 4.74 Å². The minimum atomic E-state index is -0.286. The Hall–Kier alpha value is -1.48. The number of rotatable bonds is 2. The summed E-state index contributed by atoms with van der Waals surface area (Å²) in [5, 5.41) is 0. The molecule has 2 rings (SSSR count). The van der Waals surface area contributed by atoms with Gasteiger partial charge in [-0.15, -0.1) is 12.6 Å². The molecule has 0 aromatic heterocycles. The van der Waals surface area contributed by atoms with E-state index in [0.29, 0.717) is 11.3 Å². The molecule has 0 aliphatic carbocycles. The third kappa shape index (κ3) is 2.04. The van der Waals surface area contributed by atoms with Crippen LogP contribution in [0.15, 0.2) is 47.4 Å². The van der Waals surface area contributed by atoms with Crippen LogP contribution in [0, 0.1) is 5.82 Å². The first-order valence-corrected chi connectivity index (χ1v) is 5.29. The lowest BCUT2D eigenvalue weighted by Crippen LogP contribution is -1.91. The third-order valence-corrected chi connectivity index (χ3v) is 2.65. The Balaban J connectivity index is 2.58. The molecular weight excluding hydrogens is 223 g/mol. The van der Waals surface area contributed by atoms with Gasteiger partial charge in [-0.2, -0.15) is 0 Å². The molecule has 0 atom stereocenters. The standard InChI is InChI=1S/C13H11FOS/c1-15-12-4-2-3-11(14)13(12)9-5-7-10(16)8-6-9/h2-8,16H,1H3. The fraction of sp³-hybridized carbons (Fsp3) is 0.0769. The first kappa shape index (κ1) is 11.0. The van der Waals surface area contributed by atoms with Crippen LogP contribution >= 0.6 is 12.6 Å². The molecule has 0 bridgehead atoms. The Bertz CT molecular complexity index is 494. The van der Waals surface area contributed by atoms with Crippen LogP contribution in [0.1, 0.15) is 0 Å². The van der Waals surface area contributed by atoms with E-state index >= 15 is 0 Å². The SMILES string of the molecule is COc1cccc(F)c1-c1ccc(S)cc1. The van der Waals surface area contributed by atoms with E-state index < -0.39 is 0 Å². The summed E-state index contributed by atoms with van der Waals surface area (Å²) in [6, 6.07) is 12.1. The van der Waals surface area contributed by atoms with Crippen molar-refractivity contribution >= 4 is 12.6 Å². The predicted octanol–water partition coefficient (Wildman–Crippen LogP) is 3.79. The van der Waals surface area contributed by atoms with Gasteiger partial charge in [0, 0.05) is 4.90 Å². The number of methoxy groups -OCH3 is 1. The van der Waals surface area contributed by atoms with Gasteiger partial charge in [0.2, 0.25) is 0 Å². The van der Waals surface area contributed by atoms with Crippen LogP contribution in [0.3, 0.4) is 0 Å². The summed E-state index contributed by atoms with van der Waals surface area (Å²) >= 11 is 4.19. The lowest BCUT2D eigenvalue weighted by atomic mass is 10.0. The summed E-state index contributed by atoms with van der Waals surface area (Å²) in [5.74, 6) is 0.248. The summed E-state index contributed by atoms with van der Waals surface area (Å²) in [5.41, 5.74) is 1.27. The van der Waals surface area contributed by atoms with Crippen molar-refractivity contribution in [1.29, 1.82) is 0 Å². The summed E-state index contributed by atoms with van der Waals surface area (Å²) in [7, 11) is 1.53. The molecule has 0 aliphatic rings. The Morgan fingerprint density at radius 2 is 1.75 bits per heavy atom. The second-order valence-corrected chi connectivity index (χ2v) is 3.88. The molecule has 16 heavy (non-hydrogen) atoms. The van der Waals surface area contributed by atoms with E-state index in [1.165, 1.54) is 13.2 Å². The number of benzene rings is 2. The minimum Gasteiger partial charge on any atom is -0.496 e. The zero-order valence-electron chi connectivity index (χ0n) is 8.77. The van der Waals surface area contributed by atoms with Crippen LogP contribution in [0.4, 0.5) is 4.39 Å². The van der Waals surface area contributed by atoms with Crippen LogP contribution in [0.5, 0.6) is 5.75 Å². The predicted molar refractivity (Wildman–Crippen MR) is 65.6 cm³/mol. The maximum absolute atomic E-state index is 13.7. The number of hydrogen-bond acceptors (Lipinski definition) is 2. The van der Waals surface area contributed by atoms with Crippen molar-refractivity contribution in [3.05, 3.63) is 48.3 Å². The Labute approximate surface area is 99.3 Å². The average Bonchev–Trinajstić information content (AvgIpc) is 2.30. The van der Waals surface area contributed by atoms with Crippen molar-refractivity contribution in [2.75, 3.05) is 7.11 Å². The Morgan fingerprint density at radius 1 is 1.06 bits per heavy atom. The summed E-state index contributed by atoms with van der Waals surface area (Å²) in [4.78, 5) is 0.846. The van der Waals surface area contributed by atoms with Gasteiger partial charge in [-0.1, -0.05) is 18.2 Å². The van der Waals surface area contributed by atoms with Crippen molar-refractivity contribution in [3.63, 3.8) is 0 Å². The van der Waals surface area contributed by atoms with Crippen LogP contribution in [0.2, 0.25) is 0 Å². The van der Waals surface area contributed by atoms with Gasteiger partial charge >= 0.3 is 0 Å². The van der Waals surface area contributed by atoms with Crippen molar-refractivity contribution in [2.24, 2.45) is 0 Å². The first-order chi connectivity index (χ1) is 7.72. The molecule has 2 aromatic rings. The topological polar surface area (TPSA) is 9.23 Å². The molecule has 0 spiro atoms. The molecule has 0 saturated carbocycles. The zero-order valence-corrected chi connectivity index (χ0v) is 9.67. The third-order valence-electron chi connectivity index (χ3n) is 2.35. The fourth-order valence-corrected chi connectivity index (χ4v) is 1.73. The van der Waals surface area contributed by atoms with Crippen LogP contribution in [-0.4, -0.2) is 7.11 Å². The Kier molecular flexibility index (Phi) is 3.15. The van der Waals surface area contributed by atoms with E-state index in [0.717, 1.165) is 10.5 Å². The van der Waals surface area contributed by atoms with E-state index in [1.54, 1.807) is 12.1 Å². The quantitative estimate of drug-likeness (QED) is 0.778. The van der Waals surface area contributed by atoms with Crippen molar-refractivity contribution in [1.82, 2.24) is 0 Å². The van der Waals surface area contributed by atoms with Gasteiger partial charge in [0.05, 0.1) is 12.7 Å². The van der Waals surface area contributed by atoms with E-state index in [9.17, 15) is 4.39 Å². The summed E-state index contributed by atoms with van der Waals surface area (Å²) < 4.78 is 18.9. The number of ether oxygens (including phenoxy) is 1. The lowest BCUT2D eigenvalue weighted by molar-refractivity contribution is 0.413. The molecule has 1 nitrogen and oxygen atoms in total. The fourth-order valence-electron chi connectivity index (χ4n) is 1.58. The normalized spacial score (nSPS) is 10.2. The Morgan fingerprint density at radius 3 is 2.38 bits per heavy atom. The van der Waals surface area contributed by atoms with Gasteiger partial charge in [0.25, 0.3) is 0 Å². The maximum Gasteiger partial charge on any atom is 0.134 e. The van der Waals surface area contributed by atoms with Crippen molar-refractivity contribution in [3.8, 4) is 16.9 Å². The largest absolute Gasteiger partial charge is 0.496 e. The molecule has 82 valence electrons. The number of hydrogen-bond donors (Lipinski definition) is 1. The average molecular weight is 234 g/mol. The molecular formula is C13H11FOS. The van der Waals surface area contributed by atoms with Gasteiger partial charge in [-0.05, 0) is 29.8 Å². The van der Waals surface area contributed by atoms with Crippen LogP contribution < -0.4 is 4.74 Å². The highest BCUT2D eigenvalue weighted by Crippen LogP contribution is 2.32. The second kappa shape index (κ2) is 4.58. The first-order valence-electron chi connectivity index (χ1n) is 4.84. The van der Waals surface area contributed by atoms with Gasteiger partial charge in [-0.25, -0.2) is 4.39 Å². The molecule has 0 N–H and O–H groups in total. The molecule has 0 fully saturated rings. The smallest absolute Gasteiger partial charge is 0.134 e. The highest BCUT2D eigenvalue weighted by molar-refractivity contribution is 7.80. The highest BCUT2D eigenvalue weighted by Gasteiger charge is 2.10. The molecule has 3 heteroatoms. The highest BCUT2D eigenvalue weighted by atomic mass is 32.1. The minimum absolute atomic E-state index is 0.286. The molecule has 0 saturated heterocycles. The molecule has 0 amide bonds. The molecule has 0 unspecified atom stereocenters. The van der Waals surface area contributed by atoms with Gasteiger partial charge < -0.3 is 4.74 Å². The van der Waals surface area contributed by atoms with E-state index in [1.807, 2.05) is 24.3 Å². The van der Waals surface area contributed by atoms with E-state index in [-0.39, 0.29) is 5.82 Å². The monoisotopic (exact) mass is 234 g/mol. The number of halogens is 1. The van der Waals surface area contributed by atoms with Crippen LogP contribution in [0.25, 0.3) is 11.1 Å². The van der Waals surface area contributed by atoms with Gasteiger partial charge in [-0.3, -0.25) is 0 Å². The zero-order chi connectivity index (χ0) is 11.5. The maximum atomic E-state index is 13.7. The van der Waals surface area contributed by atoms with Crippen molar-refractivity contribution < 1.29 is 9.13 Å². The lowest BCUT2D eigenvalue weighted by Gasteiger charge is -2.09. The number of thiol groups is 1. The molecule has 0 heterocycles. The summed E-state index contributed by atoms with van der Waals surface area (Å²) in [6.45, 7) is 0. The molecule has 0 radical (unpaired) electrons. The van der Waals surface area contributed by atoms with Crippen molar-refractivity contribution in [2.45, 2.75) is 4.90 Å². The van der Waals surface area contributed by atoms with Crippen LogP contribution in [-0.2, 0) is 0 Å². The van der Waals surface area contributed by atoms with Gasteiger partial charge in [0.1, 0.15) is 11.6 Å². The molecule has 2 aromatic carbocycles. The van der Waals surface area contributed by atoms with E-state index in [2.05, 4.69) is 12.6 Å². The van der Waals surface area contributed by atoms with Gasteiger partial charge in [0.15, 0.2) is 0 Å². The molecule has 0 aliphatic heterocycles.